The standard InChI is InChI=1S/C16H31N/c1-3-9-15(11-5-6-12-15)17-16(10-4-2)13-7-8-14-16/h17H,3-14H2,1-2H3. The lowest BCUT2D eigenvalue weighted by Gasteiger charge is -2.42. The molecule has 0 radical (unpaired) electrons. The lowest BCUT2D eigenvalue weighted by molar-refractivity contribution is 0.182. The first-order valence-electron chi connectivity index (χ1n) is 8.04. The molecule has 0 heterocycles. The van der Waals surface area contributed by atoms with Crippen molar-refractivity contribution in [2.75, 3.05) is 0 Å². The van der Waals surface area contributed by atoms with E-state index in [9.17, 15) is 0 Å². The van der Waals surface area contributed by atoms with Crippen LogP contribution in [0.1, 0.15) is 90.9 Å². The summed E-state index contributed by atoms with van der Waals surface area (Å²) in [4.78, 5) is 0. The molecule has 0 amide bonds. The van der Waals surface area contributed by atoms with Gasteiger partial charge in [-0.15, -0.1) is 0 Å². The lowest BCUT2D eigenvalue weighted by atomic mass is 9.83. The van der Waals surface area contributed by atoms with Gasteiger partial charge in [0.05, 0.1) is 0 Å². The Bertz CT molecular complexity index is 198. The molecule has 1 nitrogen and oxygen atoms in total. The predicted octanol–water partition coefficient (Wildman–Crippen LogP) is 4.80. The number of hydrogen-bond donors (Lipinski definition) is 1. The van der Waals surface area contributed by atoms with Crippen LogP contribution in [-0.2, 0) is 0 Å². The smallest absolute Gasteiger partial charge is 0.0186 e. The number of hydrogen-bond acceptors (Lipinski definition) is 1. The third-order valence-electron chi connectivity index (χ3n) is 5.11. The second-order valence-corrected chi connectivity index (χ2v) is 6.60. The summed E-state index contributed by atoms with van der Waals surface area (Å²) < 4.78 is 0. The van der Waals surface area contributed by atoms with E-state index in [-0.39, 0.29) is 0 Å². The van der Waals surface area contributed by atoms with Gasteiger partial charge >= 0.3 is 0 Å². The lowest BCUT2D eigenvalue weighted by Crippen LogP contribution is -2.55. The van der Waals surface area contributed by atoms with Crippen molar-refractivity contribution in [1.29, 1.82) is 0 Å². The molecule has 100 valence electrons. The maximum Gasteiger partial charge on any atom is 0.0186 e. The van der Waals surface area contributed by atoms with E-state index in [1.807, 2.05) is 0 Å². The topological polar surface area (TPSA) is 12.0 Å². The highest BCUT2D eigenvalue weighted by molar-refractivity contribution is 5.02. The van der Waals surface area contributed by atoms with Gasteiger partial charge in [0.2, 0.25) is 0 Å². The quantitative estimate of drug-likeness (QED) is 0.699. The van der Waals surface area contributed by atoms with Gasteiger partial charge in [0.15, 0.2) is 0 Å². The summed E-state index contributed by atoms with van der Waals surface area (Å²) in [6, 6.07) is 0. The first-order chi connectivity index (χ1) is 8.24. The van der Waals surface area contributed by atoms with Crippen molar-refractivity contribution < 1.29 is 0 Å². The van der Waals surface area contributed by atoms with Crippen molar-refractivity contribution in [3.05, 3.63) is 0 Å². The van der Waals surface area contributed by atoms with Gasteiger partial charge in [-0.05, 0) is 38.5 Å². The van der Waals surface area contributed by atoms with Crippen molar-refractivity contribution in [2.24, 2.45) is 0 Å². The summed E-state index contributed by atoms with van der Waals surface area (Å²) in [5.74, 6) is 0. The molecule has 2 aliphatic rings. The molecule has 2 fully saturated rings. The Kier molecular flexibility index (Phi) is 4.52. The predicted molar refractivity (Wildman–Crippen MR) is 75.3 cm³/mol. The molecular weight excluding hydrogens is 206 g/mol. The van der Waals surface area contributed by atoms with Crippen molar-refractivity contribution in [1.82, 2.24) is 5.32 Å². The summed E-state index contributed by atoms with van der Waals surface area (Å²) in [6.45, 7) is 4.70. The van der Waals surface area contributed by atoms with Gasteiger partial charge in [-0.1, -0.05) is 52.4 Å². The van der Waals surface area contributed by atoms with Crippen LogP contribution in [0.25, 0.3) is 0 Å². The van der Waals surface area contributed by atoms with Crippen molar-refractivity contribution in [3.8, 4) is 0 Å². The maximum absolute atomic E-state index is 4.21. The van der Waals surface area contributed by atoms with E-state index in [4.69, 9.17) is 0 Å². The SMILES string of the molecule is CCCC1(NC2(CCC)CCCC2)CCCC1. The molecular formula is C16H31N. The molecule has 0 saturated heterocycles. The highest BCUT2D eigenvalue weighted by Crippen LogP contribution is 2.41. The average molecular weight is 237 g/mol. The largest absolute Gasteiger partial charge is 0.306 e. The van der Waals surface area contributed by atoms with E-state index in [1.165, 1.54) is 77.0 Å². The molecule has 1 N–H and O–H groups in total. The molecule has 0 aromatic rings. The second kappa shape index (κ2) is 5.73. The minimum atomic E-state index is 0.522. The van der Waals surface area contributed by atoms with Crippen LogP contribution in [0.5, 0.6) is 0 Å². The highest BCUT2D eigenvalue weighted by atomic mass is 15.1. The van der Waals surface area contributed by atoms with Gasteiger partial charge in [0.25, 0.3) is 0 Å². The molecule has 2 saturated carbocycles. The monoisotopic (exact) mass is 237 g/mol. The van der Waals surface area contributed by atoms with E-state index >= 15 is 0 Å². The maximum atomic E-state index is 4.21. The molecule has 0 aliphatic heterocycles. The Morgan fingerprint density at radius 1 is 0.706 bits per heavy atom. The van der Waals surface area contributed by atoms with Crippen molar-refractivity contribution >= 4 is 0 Å². The van der Waals surface area contributed by atoms with Crippen LogP contribution in [-0.4, -0.2) is 11.1 Å². The van der Waals surface area contributed by atoms with Crippen molar-refractivity contribution in [3.63, 3.8) is 0 Å². The fourth-order valence-electron chi connectivity index (χ4n) is 4.50. The molecule has 17 heavy (non-hydrogen) atoms. The first-order valence-corrected chi connectivity index (χ1v) is 8.04. The Morgan fingerprint density at radius 3 is 1.35 bits per heavy atom. The van der Waals surface area contributed by atoms with E-state index in [0.29, 0.717) is 11.1 Å². The first kappa shape index (κ1) is 13.4. The Balaban J connectivity index is 2.04. The second-order valence-electron chi connectivity index (χ2n) is 6.60. The number of rotatable bonds is 6. The molecule has 0 atom stereocenters. The molecule has 0 unspecified atom stereocenters. The molecule has 2 aliphatic carbocycles. The van der Waals surface area contributed by atoms with Gasteiger partial charge in [-0.3, -0.25) is 0 Å². The van der Waals surface area contributed by atoms with Crippen LogP contribution in [0.2, 0.25) is 0 Å². The normalized spacial score (nSPS) is 26.5. The van der Waals surface area contributed by atoms with Crippen LogP contribution in [0.15, 0.2) is 0 Å². The summed E-state index contributed by atoms with van der Waals surface area (Å²) in [6.07, 6.45) is 17.0. The summed E-state index contributed by atoms with van der Waals surface area (Å²) in [5, 5.41) is 4.21. The summed E-state index contributed by atoms with van der Waals surface area (Å²) in [7, 11) is 0. The van der Waals surface area contributed by atoms with E-state index in [0.717, 1.165) is 0 Å². The molecule has 0 spiro atoms. The van der Waals surface area contributed by atoms with Crippen LogP contribution in [0.3, 0.4) is 0 Å². The zero-order valence-corrected chi connectivity index (χ0v) is 12.0. The highest BCUT2D eigenvalue weighted by Gasteiger charge is 2.42. The van der Waals surface area contributed by atoms with Gasteiger partial charge in [-0.2, -0.15) is 0 Å². The van der Waals surface area contributed by atoms with Crippen molar-refractivity contribution in [2.45, 2.75) is 102 Å². The Morgan fingerprint density at radius 2 is 1.06 bits per heavy atom. The van der Waals surface area contributed by atoms with Gasteiger partial charge in [0, 0.05) is 11.1 Å². The van der Waals surface area contributed by atoms with Gasteiger partial charge in [0.1, 0.15) is 0 Å². The van der Waals surface area contributed by atoms with Crippen LogP contribution in [0.4, 0.5) is 0 Å². The van der Waals surface area contributed by atoms with Gasteiger partial charge < -0.3 is 5.32 Å². The van der Waals surface area contributed by atoms with Crippen LogP contribution >= 0.6 is 0 Å². The third-order valence-corrected chi connectivity index (χ3v) is 5.11. The minimum absolute atomic E-state index is 0.522. The zero-order valence-electron chi connectivity index (χ0n) is 12.0. The fraction of sp³-hybridized carbons (Fsp3) is 1.00. The molecule has 1 heteroatoms. The summed E-state index contributed by atoms with van der Waals surface area (Å²) in [5.41, 5.74) is 1.04. The average Bonchev–Trinajstić information content (AvgIpc) is 2.91. The Labute approximate surface area is 108 Å². The van der Waals surface area contributed by atoms with Crippen LogP contribution < -0.4 is 5.32 Å². The molecule has 0 bridgehead atoms. The van der Waals surface area contributed by atoms with E-state index in [2.05, 4.69) is 19.2 Å². The fourth-order valence-corrected chi connectivity index (χ4v) is 4.50. The number of nitrogens with one attached hydrogen (secondary N) is 1. The van der Waals surface area contributed by atoms with Crippen LogP contribution in [0, 0.1) is 0 Å². The van der Waals surface area contributed by atoms with E-state index < -0.39 is 0 Å². The zero-order chi connectivity index (χ0) is 12.2. The third kappa shape index (κ3) is 3.05. The molecule has 2 rings (SSSR count). The van der Waals surface area contributed by atoms with Gasteiger partial charge in [-0.25, -0.2) is 0 Å². The Hall–Kier alpha value is -0.0400. The minimum Gasteiger partial charge on any atom is -0.306 e. The van der Waals surface area contributed by atoms with E-state index in [1.54, 1.807) is 0 Å². The summed E-state index contributed by atoms with van der Waals surface area (Å²) >= 11 is 0. The molecule has 0 aromatic carbocycles. The molecule has 0 aromatic heterocycles.